The predicted octanol–water partition coefficient (Wildman–Crippen LogP) is 1.16. The molecule has 0 fully saturated rings. The smallest absolute Gasteiger partial charge is 0.250 e. The molecular formula is C16H23N5O. The molecule has 0 radical (unpaired) electrons. The summed E-state index contributed by atoms with van der Waals surface area (Å²) in [6.45, 7) is 4.75. The van der Waals surface area contributed by atoms with Crippen LogP contribution in [-0.4, -0.2) is 34.0 Å². The van der Waals surface area contributed by atoms with Gasteiger partial charge < -0.3 is 15.2 Å². The standard InChI is InChI=1S/C16H23N5O/c22-16-5-1-3-9-20(16)10-4-2-7-17-11-14-12-18-15-6-8-19-21(15)13-14/h1,3,5-6,8-9,14,17-18H,2,4,7,10-13H2/t14-/m0/s1. The zero-order valence-corrected chi connectivity index (χ0v) is 12.7. The van der Waals surface area contributed by atoms with Crippen molar-refractivity contribution in [1.82, 2.24) is 19.7 Å². The van der Waals surface area contributed by atoms with Crippen LogP contribution >= 0.6 is 0 Å². The van der Waals surface area contributed by atoms with Crippen LogP contribution in [0.15, 0.2) is 41.5 Å². The first-order chi connectivity index (χ1) is 10.8. The van der Waals surface area contributed by atoms with Crippen molar-refractivity contribution < 1.29 is 0 Å². The maximum Gasteiger partial charge on any atom is 0.250 e. The van der Waals surface area contributed by atoms with Crippen molar-refractivity contribution in [1.29, 1.82) is 0 Å². The highest BCUT2D eigenvalue weighted by Crippen LogP contribution is 2.15. The molecule has 0 amide bonds. The lowest BCUT2D eigenvalue weighted by Gasteiger charge is -2.25. The molecule has 2 aromatic rings. The van der Waals surface area contributed by atoms with Crippen LogP contribution in [0.1, 0.15) is 12.8 Å². The van der Waals surface area contributed by atoms with Gasteiger partial charge in [-0.05, 0) is 25.5 Å². The summed E-state index contributed by atoms with van der Waals surface area (Å²) in [5.74, 6) is 1.69. The molecule has 6 nitrogen and oxygen atoms in total. The molecule has 0 spiro atoms. The molecule has 2 N–H and O–H groups in total. The van der Waals surface area contributed by atoms with Crippen molar-refractivity contribution in [3.05, 3.63) is 47.0 Å². The largest absolute Gasteiger partial charge is 0.370 e. The van der Waals surface area contributed by atoms with Crippen LogP contribution < -0.4 is 16.2 Å². The van der Waals surface area contributed by atoms with Gasteiger partial charge in [0, 0.05) is 50.4 Å². The molecule has 0 unspecified atom stereocenters. The van der Waals surface area contributed by atoms with Crippen molar-refractivity contribution in [2.45, 2.75) is 25.9 Å². The van der Waals surface area contributed by atoms with Gasteiger partial charge in [0.25, 0.3) is 0 Å². The lowest BCUT2D eigenvalue weighted by molar-refractivity contribution is 0.389. The average Bonchev–Trinajstić information content (AvgIpc) is 3.00. The Morgan fingerprint density at radius 1 is 1.32 bits per heavy atom. The number of anilines is 1. The van der Waals surface area contributed by atoms with Gasteiger partial charge in [0.2, 0.25) is 5.56 Å². The quantitative estimate of drug-likeness (QED) is 0.753. The molecule has 1 aliphatic heterocycles. The van der Waals surface area contributed by atoms with Crippen molar-refractivity contribution >= 4 is 5.82 Å². The number of rotatable bonds is 7. The lowest BCUT2D eigenvalue weighted by atomic mass is 10.1. The molecule has 3 rings (SSSR count). The van der Waals surface area contributed by atoms with Crippen LogP contribution in [0.3, 0.4) is 0 Å². The Hall–Kier alpha value is -2.08. The number of nitrogens with one attached hydrogen (secondary N) is 2. The number of nitrogens with zero attached hydrogens (tertiary/aromatic N) is 3. The Kier molecular flexibility index (Phi) is 4.90. The topological polar surface area (TPSA) is 63.9 Å². The van der Waals surface area contributed by atoms with E-state index in [0.29, 0.717) is 5.92 Å². The summed E-state index contributed by atoms with van der Waals surface area (Å²) in [6.07, 6.45) is 5.78. The highest BCUT2D eigenvalue weighted by Gasteiger charge is 2.17. The first kappa shape index (κ1) is 14.8. The summed E-state index contributed by atoms with van der Waals surface area (Å²) >= 11 is 0. The van der Waals surface area contributed by atoms with Crippen molar-refractivity contribution in [3.8, 4) is 0 Å². The fourth-order valence-electron chi connectivity index (χ4n) is 2.81. The van der Waals surface area contributed by atoms with Gasteiger partial charge in [-0.1, -0.05) is 6.07 Å². The molecule has 22 heavy (non-hydrogen) atoms. The van der Waals surface area contributed by atoms with Crippen LogP contribution in [-0.2, 0) is 13.1 Å². The second-order valence-corrected chi connectivity index (χ2v) is 5.79. The van der Waals surface area contributed by atoms with E-state index >= 15 is 0 Å². The minimum absolute atomic E-state index is 0.0822. The molecule has 6 heteroatoms. The highest BCUT2D eigenvalue weighted by molar-refractivity contribution is 5.35. The molecule has 3 heterocycles. The van der Waals surface area contributed by atoms with E-state index in [2.05, 4.69) is 15.7 Å². The Bertz CT molecular complexity index is 648. The molecule has 0 saturated carbocycles. The first-order valence-corrected chi connectivity index (χ1v) is 7.95. The Balaban J connectivity index is 1.30. The number of hydrogen-bond acceptors (Lipinski definition) is 4. The van der Waals surface area contributed by atoms with Gasteiger partial charge in [0.15, 0.2) is 0 Å². The Labute approximate surface area is 130 Å². The molecule has 2 aromatic heterocycles. The SMILES string of the molecule is O=c1ccccn1CCCCNC[C@H]1CNc2ccnn2C1. The maximum absolute atomic E-state index is 11.6. The minimum atomic E-state index is 0.0822. The summed E-state index contributed by atoms with van der Waals surface area (Å²) < 4.78 is 3.79. The number of unbranched alkanes of at least 4 members (excludes halogenated alkanes) is 1. The van der Waals surface area contributed by atoms with E-state index in [0.717, 1.165) is 51.4 Å². The van der Waals surface area contributed by atoms with Gasteiger partial charge in [-0.25, -0.2) is 4.68 Å². The summed E-state index contributed by atoms with van der Waals surface area (Å²) in [4.78, 5) is 11.6. The molecule has 0 aromatic carbocycles. The fraction of sp³-hybridized carbons (Fsp3) is 0.500. The zero-order valence-electron chi connectivity index (χ0n) is 12.7. The summed E-state index contributed by atoms with van der Waals surface area (Å²) in [6, 6.07) is 7.30. The van der Waals surface area contributed by atoms with E-state index in [1.807, 2.05) is 29.2 Å². The lowest BCUT2D eigenvalue weighted by Crippen LogP contribution is -2.35. The van der Waals surface area contributed by atoms with Gasteiger partial charge in [-0.15, -0.1) is 0 Å². The summed E-state index contributed by atoms with van der Waals surface area (Å²) in [5.41, 5.74) is 0.0822. The van der Waals surface area contributed by atoms with Crippen LogP contribution in [0.4, 0.5) is 5.82 Å². The predicted molar refractivity (Wildman–Crippen MR) is 87.0 cm³/mol. The molecular weight excluding hydrogens is 278 g/mol. The second-order valence-electron chi connectivity index (χ2n) is 5.79. The molecule has 0 aliphatic carbocycles. The minimum Gasteiger partial charge on any atom is -0.370 e. The van der Waals surface area contributed by atoms with Crippen LogP contribution in [0.5, 0.6) is 0 Å². The third-order valence-corrected chi connectivity index (χ3v) is 4.05. The van der Waals surface area contributed by atoms with E-state index < -0.39 is 0 Å². The van der Waals surface area contributed by atoms with Gasteiger partial charge >= 0.3 is 0 Å². The van der Waals surface area contributed by atoms with E-state index in [1.54, 1.807) is 16.7 Å². The van der Waals surface area contributed by atoms with E-state index in [4.69, 9.17) is 0 Å². The number of aromatic nitrogens is 3. The van der Waals surface area contributed by atoms with E-state index in [9.17, 15) is 4.79 Å². The van der Waals surface area contributed by atoms with Gasteiger partial charge in [-0.3, -0.25) is 4.79 Å². The monoisotopic (exact) mass is 301 g/mol. The van der Waals surface area contributed by atoms with Crippen LogP contribution in [0.25, 0.3) is 0 Å². The van der Waals surface area contributed by atoms with Crippen LogP contribution in [0.2, 0.25) is 0 Å². The molecule has 118 valence electrons. The Morgan fingerprint density at radius 3 is 3.18 bits per heavy atom. The van der Waals surface area contributed by atoms with Crippen molar-refractivity contribution in [2.24, 2.45) is 5.92 Å². The first-order valence-electron chi connectivity index (χ1n) is 7.95. The third-order valence-electron chi connectivity index (χ3n) is 4.05. The molecule has 0 bridgehead atoms. The second kappa shape index (κ2) is 7.26. The number of fused-ring (bicyclic) bond motifs is 1. The third kappa shape index (κ3) is 3.76. The van der Waals surface area contributed by atoms with E-state index in [-0.39, 0.29) is 5.56 Å². The number of pyridine rings is 1. The molecule has 1 aliphatic rings. The zero-order chi connectivity index (χ0) is 15.2. The number of aryl methyl sites for hydroxylation is 1. The summed E-state index contributed by atoms with van der Waals surface area (Å²) in [5, 5.41) is 11.2. The van der Waals surface area contributed by atoms with Gasteiger partial charge in [0.1, 0.15) is 5.82 Å². The number of hydrogen-bond donors (Lipinski definition) is 2. The molecule has 1 atom stereocenters. The average molecular weight is 301 g/mol. The maximum atomic E-state index is 11.6. The van der Waals surface area contributed by atoms with E-state index in [1.165, 1.54) is 0 Å². The Morgan fingerprint density at radius 2 is 2.27 bits per heavy atom. The van der Waals surface area contributed by atoms with Gasteiger partial charge in [-0.2, -0.15) is 5.10 Å². The van der Waals surface area contributed by atoms with Gasteiger partial charge in [0.05, 0.1) is 6.20 Å². The molecule has 0 saturated heterocycles. The van der Waals surface area contributed by atoms with Crippen molar-refractivity contribution in [3.63, 3.8) is 0 Å². The van der Waals surface area contributed by atoms with Crippen LogP contribution in [0, 0.1) is 5.92 Å². The normalized spacial score (nSPS) is 17.0. The fourth-order valence-corrected chi connectivity index (χ4v) is 2.81. The highest BCUT2D eigenvalue weighted by atomic mass is 16.1. The summed E-state index contributed by atoms with van der Waals surface area (Å²) in [7, 11) is 0. The van der Waals surface area contributed by atoms with Crippen molar-refractivity contribution in [2.75, 3.05) is 25.0 Å².